The Morgan fingerprint density at radius 2 is 2.33 bits per heavy atom. The molecule has 15 heavy (non-hydrogen) atoms. The van der Waals surface area contributed by atoms with Crippen LogP contribution in [0.5, 0.6) is 0 Å². The summed E-state index contributed by atoms with van der Waals surface area (Å²) < 4.78 is 18.8. The molecule has 1 saturated heterocycles. The first kappa shape index (κ1) is 10.6. The summed E-state index contributed by atoms with van der Waals surface area (Å²) in [6.45, 7) is 2.62. The lowest BCUT2D eigenvalue weighted by Gasteiger charge is -2.37. The molecule has 1 heterocycles. The Balaban J connectivity index is 2.28. The van der Waals surface area contributed by atoms with Crippen molar-refractivity contribution in [2.45, 2.75) is 31.4 Å². The lowest BCUT2D eigenvalue weighted by atomic mass is 9.86. The molecule has 1 aromatic rings. The van der Waals surface area contributed by atoms with Gasteiger partial charge in [-0.25, -0.2) is 4.39 Å². The number of nitrogens with two attached hydrogens (primary N) is 1. The van der Waals surface area contributed by atoms with Crippen LogP contribution in [0.2, 0.25) is 0 Å². The third-order valence-electron chi connectivity index (χ3n) is 3.00. The van der Waals surface area contributed by atoms with Crippen LogP contribution in [0.3, 0.4) is 0 Å². The summed E-state index contributed by atoms with van der Waals surface area (Å²) in [5.41, 5.74) is 6.35. The van der Waals surface area contributed by atoms with Crippen molar-refractivity contribution in [3.05, 3.63) is 35.6 Å². The van der Waals surface area contributed by atoms with Crippen LogP contribution >= 0.6 is 0 Å². The van der Waals surface area contributed by atoms with E-state index in [1.807, 2.05) is 13.0 Å². The van der Waals surface area contributed by atoms with Gasteiger partial charge in [-0.05, 0) is 37.5 Å². The molecule has 0 saturated carbocycles. The van der Waals surface area contributed by atoms with Crippen LogP contribution in [0.1, 0.15) is 25.3 Å². The second-order valence-corrected chi connectivity index (χ2v) is 4.34. The average Bonchev–Trinajstić information content (AvgIpc) is 2.17. The molecule has 1 fully saturated rings. The molecule has 3 heteroatoms. The molecular formula is C12H16FNO. The molecule has 1 aliphatic rings. The Hall–Kier alpha value is -0.930. The minimum atomic E-state index is -0.431. The molecule has 0 radical (unpaired) electrons. The highest BCUT2D eigenvalue weighted by atomic mass is 19.1. The standard InChI is InChI=1S/C12H16FNO/c1-12(8-11(14)5-6-15-12)9-3-2-4-10(13)7-9/h2-4,7,11H,5-6,8,14H2,1H3. The molecule has 2 N–H and O–H groups in total. The topological polar surface area (TPSA) is 35.2 Å². The van der Waals surface area contributed by atoms with E-state index in [-0.39, 0.29) is 11.9 Å². The molecule has 0 aliphatic carbocycles. The summed E-state index contributed by atoms with van der Waals surface area (Å²) in [5, 5.41) is 0. The Labute approximate surface area is 89.2 Å². The number of hydrogen-bond donors (Lipinski definition) is 1. The number of benzene rings is 1. The fourth-order valence-corrected chi connectivity index (χ4v) is 2.12. The Bertz CT molecular complexity index is 355. The second-order valence-electron chi connectivity index (χ2n) is 4.34. The van der Waals surface area contributed by atoms with Crippen molar-refractivity contribution in [1.29, 1.82) is 0 Å². The van der Waals surface area contributed by atoms with Crippen LogP contribution in [0, 0.1) is 5.82 Å². The highest BCUT2D eigenvalue weighted by molar-refractivity contribution is 5.23. The molecule has 0 spiro atoms. The number of ether oxygens (including phenoxy) is 1. The first-order valence-electron chi connectivity index (χ1n) is 5.26. The largest absolute Gasteiger partial charge is 0.370 e. The van der Waals surface area contributed by atoms with Gasteiger partial charge in [-0.2, -0.15) is 0 Å². The minimum Gasteiger partial charge on any atom is -0.370 e. The first-order valence-corrected chi connectivity index (χ1v) is 5.26. The molecule has 0 aromatic heterocycles. The lowest BCUT2D eigenvalue weighted by Crippen LogP contribution is -2.41. The van der Waals surface area contributed by atoms with E-state index < -0.39 is 5.60 Å². The zero-order valence-electron chi connectivity index (χ0n) is 8.87. The van der Waals surface area contributed by atoms with Crippen molar-refractivity contribution in [1.82, 2.24) is 0 Å². The van der Waals surface area contributed by atoms with Crippen LogP contribution in [0.25, 0.3) is 0 Å². The van der Waals surface area contributed by atoms with Crippen LogP contribution in [-0.4, -0.2) is 12.6 Å². The average molecular weight is 209 g/mol. The summed E-state index contributed by atoms with van der Waals surface area (Å²) in [5.74, 6) is -0.225. The van der Waals surface area contributed by atoms with E-state index in [1.54, 1.807) is 6.07 Å². The van der Waals surface area contributed by atoms with E-state index in [9.17, 15) is 4.39 Å². The van der Waals surface area contributed by atoms with Gasteiger partial charge in [0.2, 0.25) is 0 Å². The Morgan fingerprint density at radius 3 is 3.00 bits per heavy atom. The summed E-state index contributed by atoms with van der Waals surface area (Å²) in [6, 6.07) is 6.71. The van der Waals surface area contributed by atoms with Crippen molar-refractivity contribution in [2.75, 3.05) is 6.61 Å². The van der Waals surface area contributed by atoms with Gasteiger partial charge < -0.3 is 10.5 Å². The van der Waals surface area contributed by atoms with Gasteiger partial charge in [0.05, 0.1) is 5.60 Å². The van der Waals surface area contributed by atoms with Crippen molar-refractivity contribution < 1.29 is 9.13 Å². The van der Waals surface area contributed by atoms with E-state index in [0.717, 1.165) is 18.4 Å². The van der Waals surface area contributed by atoms with Crippen molar-refractivity contribution in [2.24, 2.45) is 5.73 Å². The van der Waals surface area contributed by atoms with E-state index in [0.29, 0.717) is 6.61 Å². The molecule has 2 atom stereocenters. The van der Waals surface area contributed by atoms with Gasteiger partial charge in [0.1, 0.15) is 5.82 Å². The summed E-state index contributed by atoms with van der Waals surface area (Å²) in [4.78, 5) is 0. The SMILES string of the molecule is CC1(c2cccc(F)c2)CC(N)CCO1. The number of halogens is 1. The van der Waals surface area contributed by atoms with Gasteiger partial charge >= 0.3 is 0 Å². The van der Waals surface area contributed by atoms with Gasteiger partial charge in [-0.15, -0.1) is 0 Å². The predicted molar refractivity (Wildman–Crippen MR) is 56.9 cm³/mol. The third-order valence-corrected chi connectivity index (χ3v) is 3.00. The van der Waals surface area contributed by atoms with Gasteiger partial charge in [-0.3, -0.25) is 0 Å². The summed E-state index contributed by atoms with van der Waals surface area (Å²) in [6.07, 6.45) is 1.63. The summed E-state index contributed by atoms with van der Waals surface area (Å²) in [7, 11) is 0. The minimum absolute atomic E-state index is 0.145. The smallest absolute Gasteiger partial charge is 0.123 e. The highest BCUT2D eigenvalue weighted by Gasteiger charge is 2.33. The maximum absolute atomic E-state index is 13.1. The quantitative estimate of drug-likeness (QED) is 0.769. The van der Waals surface area contributed by atoms with E-state index in [2.05, 4.69) is 0 Å². The van der Waals surface area contributed by atoms with Gasteiger partial charge in [0.15, 0.2) is 0 Å². The van der Waals surface area contributed by atoms with Crippen LogP contribution < -0.4 is 5.73 Å². The maximum atomic E-state index is 13.1. The van der Waals surface area contributed by atoms with Crippen LogP contribution in [-0.2, 0) is 10.3 Å². The molecular weight excluding hydrogens is 193 g/mol. The van der Waals surface area contributed by atoms with E-state index in [4.69, 9.17) is 10.5 Å². The molecule has 0 amide bonds. The van der Waals surface area contributed by atoms with E-state index >= 15 is 0 Å². The van der Waals surface area contributed by atoms with Gasteiger partial charge in [0, 0.05) is 12.6 Å². The Kier molecular flexibility index (Phi) is 2.76. The fourth-order valence-electron chi connectivity index (χ4n) is 2.12. The molecule has 2 nitrogen and oxygen atoms in total. The van der Waals surface area contributed by atoms with Crippen molar-refractivity contribution in [3.8, 4) is 0 Å². The molecule has 2 rings (SSSR count). The number of rotatable bonds is 1. The van der Waals surface area contributed by atoms with Crippen molar-refractivity contribution in [3.63, 3.8) is 0 Å². The Morgan fingerprint density at radius 1 is 1.53 bits per heavy atom. The fraction of sp³-hybridized carbons (Fsp3) is 0.500. The zero-order valence-corrected chi connectivity index (χ0v) is 8.87. The molecule has 1 aromatic carbocycles. The molecule has 82 valence electrons. The number of hydrogen-bond acceptors (Lipinski definition) is 2. The van der Waals surface area contributed by atoms with Crippen LogP contribution in [0.4, 0.5) is 4.39 Å². The van der Waals surface area contributed by atoms with Crippen LogP contribution in [0.15, 0.2) is 24.3 Å². The lowest BCUT2D eigenvalue weighted by molar-refractivity contribution is -0.0767. The summed E-state index contributed by atoms with van der Waals surface area (Å²) >= 11 is 0. The van der Waals surface area contributed by atoms with Crippen molar-refractivity contribution >= 4 is 0 Å². The highest BCUT2D eigenvalue weighted by Crippen LogP contribution is 2.34. The maximum Gasteiger partial charge on any atom is 0.123 e. The first-order chi connectivity index (χ1) is 7.10. The van der Waals surface area contributed by atoms with E-state index in [1.165, 1.54) is 12.1 Å². The normalized spacial score (nSPS) is 31.5. The third kappa shape index (κ3) is 2.19. The monoisotopic (exact) mass is 209 g/mol. The molecule has 2 unspecified atom stereocenters. The molecule has 0 bridgehead atoms. The van der Waals surface area contributed by atoms with Gasteiger partial charge in [0.25, 0.3) is 0 Å². The molecule has 1 aliphatic heterocycles. The second kappa shape index (κ2) is 3.91. The zero-order chi connectivity index (χ0) is 10.9. The van der Waals surface area contributed by atoms with Gasteiger partial charge in [-0.1, -0.05) is 12.1 Å². The predicted octanol–water partition coefficient (Wildman–Crippen LogP) is 2.18.